The fourth-order valence-electron chi connectivity index (χ4n) is 2.50. The number of rotatable bonds is 3. The molecule has 3 heteroatoms. The summed E-state index contributed by atoms with van der Waals surface area (Å²) in [5.74, 6) is 1.58. The van der Waals surface area contributed by atoms with Gasteiger partial charge in [0.2, 0.25) is 0 Å². The van der Waals surface area contributed by atoms with Gasteiger partial charge in [-0.2, -0.15) is 0 Å². The van der Waals surface area contributed by atoms with E-state index in [2.05, 4.69) is 23.4 Å². The minimum atomic E-state index is 0.483. The average molecular weight is 206 g/mol. The van der Waals surface area contributed by atoms with Gasteiger partial charge in [-0.05, 0) is 25.2 Å². The Morgan fingerprint density at radius 1 is 1.60 bits per heavy atom. The van der Waals surface area contributed by atoms with Crippen molar-refractivity contribution in [3.05, 3.63) is 17.2 Å². The van der Waals surface area contributed by atoms with Gasteiger partial charge in [0.15, 0.2) is 6.29 Å². The maximum absolute atomic E-state index is 11.0. The molecule has 0 bridgehead atoms. The van der Waals surface area contributed by atoms with E-state index in [4.69, 9.17) is 0 Å². The third-order valence-electron chi connectivity index (χ3n) is 3.19. The molecule has 1 aliphatic rings. The molecule has 1 aliphatic heterocycles. The zero-order valence-corrected chi connectivity index (χ0v) is 9.49. The Morgan fingerprint density at radius 3 is 3.07 bits per heavy atom. The molecule has 1 atom stereocenters. The molecule has 0 aromatic carbocycles. The molecule has 0 radical (unpaired) electrons. The van der Waals surface area contributed by atoms with Crippen molar-refractivity contribution in [2.24, 2.45) is 0 Å². The van der Waals surface area contributed by atoms with E-state index in [-0.39, 0.29) is 0 Å². The van der Waals surface area contributed by atoms with Gasteiger partial charge in [-0.3, -0.25) is 4.79 Å². The molecule has 1 unspecified atom stereocenters. The summed E-state index contributed by atoms with van der Waals surface area (Å²) in [6.45, 7) is 5.37. The number of carbonyl (C=O) groups is 1. The van der Waals surface area contributed by atoms with Crippen LogP contribution in [0.3, 0.4) is 0 Å². The lowest BCUT2D eigenvalue weighted by molar-refractivity contribution is 0.111. The lowest BCUT2D eigenvalue weighted by Gasteiger charge is -2.22. The van der Waals surface area contributed by atoms with Crippen molar-refractivity contribution >= 4 is 6.29 Å². The summed E-state index contributed by atoms with van der Waals surface area (Å²) in [6, 6.07) is 0. The SMILES string of the molecule is CCCc1nc(C=O)c2n1CCCC2C. The average Bonchev–Trinajstić information content (AvgIpc) is 2.59. The van der Waals surface area contributed by atoms with Crippen molar-refractivity contribution in [1.29, 1.82) is 0 Å². The molecule has 0 saturated heterocycles. The number of imidazole rings is 1. The molecule has 0 aliphatic carbocycles. The summed E-state index contributed by atoms with van der Waals surface area (Å²) in [7, 11) is 0. The van der Waals surface area contributed by atoms with Crippen molar-refractivity contribution in [2.75, 3.05) is 0 Å². The number of carbonyl (C=O) groups excluding carboxylic acids is 1. The van der Waals surface area contributed by atoms with E-state index >= 15 is 0 Å². The van der Waals surface area contributed by atoms with Crippen LogP contribution in [0.25, 0.3) is 0 Å². The first-order chi connectivity index (χ1) is 7.27. The molecule has 15 heavy (non-hydrogen) atoms. The number of aryl methyl sites for hydroxylation is 1. The predicted molar refractivity (Wildman–Crippen MR) is 59.3 cm³/mol. The van der Waals surface area contributed by atoms with Gasteiger partial charge in [0.25, 0.3) is 0 Å². The quantitative estimate of drug-likeness (QED) is 0.712. The number of hydrogen-bond donors (Lipinski definition) is 0. The molecule has 82 valence electrons. The highest BCUT2D eigenvalue weighted by molar-refractivity contribution is 5.74. The lowest BCUT2D eigenvalue weighted by Crippen LogP contribution is -2.16. The molecule has 3 nitrogen and oxygen atoms in total. The maximum atomic E-state index is 11.0. The van der Waals surface area contributed by atoms with Gasteiger partial charge in [0.05, 0.1) is 5.69 Å². The number of aromatic nitrogens is 2. The molecular formula is C12H18N2O. The van der Waals surface area contributed by atoms with Crippen molar-refractivity contribution in [3.63, 3.8) is 0 Å². The molecule has 1 aromatic heterocycles. The third-order valence-corrected chi connectivity index (χ3v) is 3.19. The van der Waals surface area contributed by atoms with E-state index in [1.54, 1.807) is 0 Å². The van der Waals surface area contributed by atoms with Crippen molar-refractivity contribution in [3.8, 4) is 0 Å². The van der Waals surface area contributed by atoms with Crippen molar-refractivity contribution in [1.82, 2.24) is 9.55 Å². The van der Waals surface area contributed by atoms with Crippen LogP contribution in [-0.4, -0.2) is 15.8 Å². The van der Waals surface area contributed by atoms with Crippen LogP contribution in [0.5, 0.6) is 0 Å². The fraction of sp³-hybridized carbons (Fsp3) is 0.667. The van der Waals surface area contributed by atoms with E-state index in [0.29, 0.717) is 11.6 Å². The number of nitrogens with zero attached hydrogens (tertiary/aromatic N) is 2. The molecule has 2 rings (SSSR count). The van der Waals surface area contributed by atoms with E-state index in [1.807, 2.05) is 0 Å². The second-order valence-corrected chi connectivity index (χ2v) is 4.36. The van der Waals surface area contributed by atoms with Crippen LogP contribution in [0.4, 0.5) is 0 Å². The smallest absolute Gasteiger partial charge is 0.170 e. The molecule has 0 amide bonds. The molecule has 0 N–H and O–H groups in total. The maximum Gasteiger partial charge on any atom is 0.170 e. The Kier molecular flexibility index (Phi) is 2.89. The zero-order valence-electron chi connectivity index (χ0n) is 9.49. The summed E-state index contributed by atoms with van der Waals surface area (Å²) >= 11 is 0. The van der Waals surface area contributed by atoms with Gasteiger partial charge >= 0.3 is 0 Å². The molecule has 0 fully saturated rings. The minimum absolute atomic E-state index is 0.483. The predicted octanol–water partition coefficient (Wildman–Crippen LogP) is 2.55. The van der Waals surface area contributed by atoms with Crippen LogP contribution in [0, 0.1) is 0 Å². The van der Waals surface area contributed by atoms with Gasteiger partial charge in [-0.1, -0.05) is 13.8 Å². The van der Waals surface area contributed by atoms with Gasteiger partial charge < -0.3 is 4.57 Å². The van der Waals surface area contributed by atoms with Gasteiger partial charge in [0, 0.05) is 13.0 Å². The second-order valence-electron chi connectivity index (χ2n) is 4.36. The molecular weight excluding hydrogens is 188 g/mol. The zero-order chi connectivity index (χ0) is 10.8. The van der Waals surface area contributed by atoms with Crippen LogP contribution < -0.4 is 0 Å². The molecule has 0 spiro atoms. The Hall–Kier alpha value is -1.12. The van der Waals surface area contributed by atoms with Crippen LogP contribution in [0.2, 0.25) is 0 Å². The minimum Gasteiger partial charge on any atom is -0.331 e. The summed E-state index contributed by atoms with van der Waals surface area (Å²) < 4.78 is 2.27. The molecule has 1 aromatic rings. The van der Waals surface area contributed by atoms with Gasteiger partial charge in [-0.15, -0.1) is 0 Å². The van der Waals surface area contributed by atoms with E-state index < -0.39 is 0 Å². The normalized spacial score (nSPS) is 20.0. The Balaban J connectivity index is 2.47. The van der Waals surface area contributed by atoms with Gasteiger partial charge in [0.1, 0.15) is 11.5 Å². The van der Waals surface area contributed by atoms with Crippen molar-refractivity contribution < 1.29 is 4.79 Å². The van der Waals surface area contributed by atoms with Gasteiger partial charge in [-0.25, -0.2) is 4.98 Å². The second kappa shape index (κ2) is 4.17. The number of aldehydes is 1. The first-order valence-corrected chi connectivity index (χ1v) is 5.82. The van der Waals surface area contributed by atoms with E-state index in [0.717, 1.165) is 31.5 Å². The highest BCUT2D eigenvalue weighted by Crippen LogP contribution is 2.30. The highest BCUT2D eigenvalue weighted by atomic mass is 16.1. The number of fused-ring (bicyclic) bond motifs is 1. The van der Waals surface area contributed by atoms with E-state index in [9.17, 15) is 4.79 Å². The number of hydrogen-bond acceptors (Lipinski definition) is 2. The lowest BCUT2D eigenvalue weighted by atomic mass is 9.96. The Labute approximate surface area is 90.5 Å². The Morgan fingerprint density at radius 2 is 2.40 bits per heavy atom. The van der Waals surface area contributed by atoms with Crippen LogP contribution in [0.15, 0.2) is 0 Å². The monoisotopic (exact) mass is 206 g/mol. The van der Waals surface area contributed by atoms with E-state index in [1.165, 1.54) is 18.5 Å². The standard InChI is InChI=1S/C12H18N2O/c1-3-5-11-13-10(8-15)12-9(2)6-4-7-14(11)12/h8-9H,3-7H2,1-2H3. The van der Waals surface area contributed by atoms with Crippen molar-refractivity contribution in [2.45, 2.75) is 52.0 Å². The highest BCUT2D eigenvalue weighted by Gasteiger charge is 2.24. The summed E-state index contributed by atoms with van der Waals surface area (Å²) in [6.07, 6.45) is 5.36. The first-order valence-electron chi connectivity index (χ1n) is 5.82. The third kappa shape index (κ3) is 1.71. The first kappa shape index (κ1) is 10.4. The topological polar surface area (TPSA) is 34.9 Å². The van der Waals surface area contributed by atoms with Crippen LogP contribution in [-0.2, 0) is 13.0 Å². The summed E-state index contributed by atoms with van der Waals surface area (Å²) in [5, 5.41) is 0. The summed E-state index contributed by atoms with van der Waals surface area (Å²) in [5.41, 5.74) is 1.84. The summed E-state index contributed by atoms with van der Waals surface area (Å²) in [4.78, 5) is 15.4. The van der Waals surface area contributed by atoms with Crippen LogP contribution in [0.1, 0.15) is 61.0 Å². The largest absolute Gasteiger partial charge is 0.331 e. The van der Waals surface area contributed by atoms with Crippen LogP contribution >= 0.6 is 0 Å². The Bertz CT molecular complexity index is 368. The molecule has 0 saturated carbocycles. The molecule has 2 heterocycles. The fourth-order valence-corrected chi connectivity index (χ4v) is 2.50.